The number of alkyl carbamates (subject to hydrolysis) is 2. The minimum Gasteiger partial charge on any atom is -0.445 e. The van der Waals surface area contributed by atoms with Gasteiger partial charge in [-0.2, -0.15) is 0 Å². The molecule has 0 bridgehead atoms. The van der Waals surface area contributed by atoms with Crippen LogP contribution in [0.15, 0.2) is 169 Å². The predicted octanol–water partition coefficient (Wildman–Crippen LogP) is 10.5. The van der Waals surface area contributed by atoms with Crippen molar-refractivity contribution in [2.75, 3.05) is 36.8 Å². The lowest BCUT2D eigenvalue weighted by Crippen LogP contribution is -2.53. The first-order valence-corrected chi connectivity index (χ1v) is 28.4. The summed E-state index contributed by atoms with van der Waals surface area (Å²) in [7, 11) is 0. The van der Waals surface area contributed by atoms with Gasteiger partial charge in [0.05, 0.1) is 5.60 Å². The number of carbonyl (C=O) groups is 6. The van der Waals surface area contributed by atoms with Crippen LogP contribution in [0, 0.1) is 0 Å². The number of hydrogen-bond acceptors (Lipinski definition) is 10. The van der Waals surface area contributed by atoms with Gasteiger partial charge >= 0.3 is 12.2 Å². The van der Waals surface area contributed by atoms with E-state index in [2.05, 4.69) is 45.5 Å². The van der Waals surface area contributed by atoms with Crippen molar-refractivity contribution in [2.24, 2.45) is 0 Å². The van der Waals surface area contributed by atoms with Crippen LogP contribution in [0.4, 0.5) is 21.0 Å². The number of aliphatic hydroxyl groups excluding tert-OH is 1. The second-order valence-corrected chi connectivity index (χ2v) is 21.6. The fourth-order valence-electron chi connectivity index (χ4n) is 10.6. The zero-order valence-electron chi connectivity index (χ0n) is 46.1. The Labute approximate surface area is 478 Å². The van der Waals surface area contributed by atoms with E-state index in [4.69, 9.17) is 9.47 Å². The molecule has 2 saturated carbocycles. The number of nitrogens with one attached hydrogen (secondary N) is 4. The molecule has 2 aliphatic carbocycles. The third-order valence-electron chi connectivity index (χ3n) is 15.8. The molecular formula is C66H72N6O10. The Morgan fingerprint density at radius 1 is 0.537 bits per heavy atom. The summed E-state index contributed by atoms with van der Waals surface area (Å²) in [5, 5.41) is 31.6. The Morgan fingerprint density at radius 3 is 1.40 bits per heavy atom. The lowest BCUT2D eigenvalue weighted by atomic mass is 9.76. The topological polar surface area (TPSA) is 216 Å². The smallest absolute Gasteiger partial charge is 0.407 e. The normalized spacial score (nSPS) is 16.1. The second kappa shape index (κ2) is 28.2. The number of allylic oxidation sites excluding steroid dienone is 1. The molecule has 16 heteroatoms. The first kappa shape index (κ1) is 58.1. The Morgan fingerprint density at radius 2 is 0.976 bits per heavy atom. The molecule has 16 nitrogen and oxygen atoms in total. The van der Waals surface area contributed by atoms with E-state index in [0.717, 1.165) is 73.6 Å². The summed E-state index contributed by atoms with van der Waals surface area (Å²) in [5.74, 6) is -0.304. The molecule has 4 aliphatic rings. The van der Waals surface area contributed by atoms with Crippen LogP contribution in [0.3, 0.4) is 0 Å². The monoisotopic (exact) mass is 1110 g/mol. The summed E-state index contributed by atoms with van der Waals surface area (Å²) < 4.78 is 10.6. The molecular weight excluding hydrogens is 1040 g/mol. The predicted molar refractivity (Wildman–Crippen MR) is 312 cm³/mol. The van der Waals surface area contributed by atoms with Gasteiger partial charge in [0.2, 0.25) is 5.91 Å². The van der Waals surface area contributed by atoms with E-state index < -0.39 is 29.8 Å². The first-order valence-electron chi connectivity index (χ1n) is 28.4. The highest BCUT2D eigenvalue weighted by Crippen LogP contribution is 2.36. The maximum atomic E-state index is 13.2. The molecule has 0 aromatic heterocycles. The lowest BCUT2D eigenvalue weighted by Gasteiger charge is -2.39. The molecule has 4 fully saturated rings. The van der Waals surface area contributed by atoms with Crippen molar-refractivity contribution in [1.82, 2.24) is 20.4 Å². The summed E-state index contributed by atoms with van der Waals surface area (Å²) in [6, 6.07) is 49.3. The maximum Gasteiger partial charge on any atom is 0.407 e. The standard InChI is InChI=1S/C33H37N3O6.C33H35N3O4/c37-29(33(41)15-6-16-33)30(38)35-28-12-5-11-27(20-28)31(39)36-17-13-25(14-18-36)26-10-4-9-24(19-26)21-34-32(40)42-22-23-7-2-1-3-8-23;37-31(20-24-9-4-10-24)35-30-14-6-13-29(21-30)32(38)36-17-15-27(16-18-36)28-12-5-11-26(19-28)22-34-33(39)40-23-25-7-2-1-3-8-25/h1-5,7-12,19-20,25,29,37,41H,6,13-18,21-22H2,(H,34,40)(H,35,38);1-3,5-8,11-14,19-21,27H,4,9-10,15-18,22-23H2,(H,34,39)(H,35,37). The van der Waals surface area contributed by atoms with Gasteiger partial charge in [-0.05, 0) is 146 Å². The number of aliphatic hydroxyl groups is 2. The molecule has 2 aliphatic heterocycles. The Balaban J connectivity index is 0.000000198. The molecule has 2 saturated heterocycles. The van der Waals surface area contributed by atoms with E-state index in [9.17, 15) is 39.0 Å². The first-order chi connectivity index (χ1) is 39.8. The Hall–Kier alpha value is -8.60. The van der Waals surface area contributed by atoms with Gasteiger partial charge in [0, 0.05) is 67.8 Å². The maximum absolute atomic E-state index is 13.2. The van der Waals surface area contributed by atoms with Crippen LogP contribution in [0.2, 0.25) is 0 Å². The summed E-state index contributed by atoms with van der Waals surface area (Å²) in [6.45, 7) is 3.74. The van der Waals surface area contributed by atoms with Crippen molar-refractivity contribution in [3.8, 4) is 0 Å². The molecule has 82 heavy (non-hydrogen) atoms. The number of carbonyl (C=O) groups excluding carboxylic acids is 6. The average Bonchev–Trinajstić information content (AvgIpc) is 3.51. The molecule has 2 heterocycles. The number of ether oxygens (including phenoxy) is 2. The highest BCUT2D eigenvalue weighted by Gasteiger charge is 2.45. The minimum atomic E-state index is -1.51. The molecule has 6 amide bonds. The zero-order chi connectivity index (χ0) is 57.3. The van der Waals surface area contributed by atoms with Gasteiger partial charge < -0.3 is 50.8 Å². The van der Waals surface area contributed by atoms with Gasteiger partial charge in [-0.1, -0.05) is 127 Å². The van der Waals surface area contributed by atoms with E-state index in [0.29, 0.717) is 86.4 Å². The summed E-state index contributed by atoms with van der Waals surface area (Å²) in [5.41, 5.74) is 8.14. The van der Waals surface area contributed by atoms with Gasteiger partial charge in [-0.25, -0.2) is 9.59 Å². The molecule has 10 rings (SSSR count). The molecule has 6 aromatic carbocycles. The number of benzene rings is 6. The highest BCUT2D eigenvalue weighted by molar-refractivity contribution is 6.02. The van der Waals surface area contributed by atoms with Crippen molar-refractivity contribution in [3.05, 3.63) is 214 Å². The highest BCUT2D eigenvalue weighted by atomic mass is 16.6. The SMILES string of the molecule is O=C(C=C1CCC1)Nc1cccc(C(=O)N2CCC(c3cccc(CNC(=O)OCc4ccccc4)c3)CC2)c1.O=C(NCc1cccc(C2CCN(C(=O)c3cccc(NC(=O)C(O)C4(O)CCC4)c3)CC2)c1)OCc1ccccc1. The van der Waals surface area contributed by atoms with Gasteiger partial charge in [-0.3, -0.25) is 19.2 Å². The molecule has 1 atom stereocenters. The van der Waals surface area contributed by atoms with Crippen molar-refractivity contribution in [1.29, 1.82) is 0 Å². The molecule has 6 N–H and O–H groups in total. The van der Waals surface area contributed by atoms with Crippen LogP contribution in [0.1, 0.15) is 130 Å². The summed E-state index contributed by atoms with van der Waals surface area (Å²) in [6.07, 6.45) is 7.29. The number of likely N-dealkylation sites (tertiary alicyclic amines) is 2. The van der Waals surface area contributed by atoms with Crippen LogP contribution in [0.5, 0.6) is 0 Å². The number of hydrogen-bond donors (Lipinski definition) is 6. The Kier molecular flexibility index (Phi) is 20.0. The lowest BCUT2D eigenvalue weighted by molar-refractivity contribution is -0.154. The zero-order valence-corrected chi connectivity index (χ0v) is 46.1. The van der Waals surface area contributed by atoms with Crippen molar-refractivity contribution in [3.63, 3.8) is 0 Å². The van der Waals surface area contributed by atoms with Crippen molar-refractivity contribution < 1.29 is 48.5 Å². The van der Waals surface area contributed by atoms with Gasteiger partial charge in [0.25, 0.3) is 17.7 Å². The molecule has 0 radical (unpaired) electrons. The largest absolute Gasteiger partial charge is 0.445 e. The van der Waals surface area contributed by atoms with E-state index >= 15 is 0 Å². The quantitative estimate of drug-likeness (QED) is 0.0475. The fraction of sp³-hybridized carbons (Fsp3) is 0.333. The minimum absolute atomic E-state index is 0.0149. The van der Waals surface area contributed by atoms with Gasteiger partial charge in [0.1, 0.15) is 13.2 Å². The van der Waals surface area contributed by atoms with E-state index in [1.54, 1.807) is 42.5 Å². The van der Waals surface area contributed by atoms with E-state index in [1.165, 1.54) is 16.7 Å². The number of piperidine rings is 2. The third-order valence-corrected chi connectivity index (χ3v) is 15.8. The van der Waals surface area contributed by atoms with E-state index in [1.807, 2.05) is 107 Å². The molecule has 0 spiro atoms. The van der Waals surface area contributed by atoms with Crippen LogP contribution >= 0.6 is 0 Å². The van der Waals surface area contributed by atoms with Crippen molar-refractivity contribution in [2.45, 2.75) is 114 Å². The molecule has 426 valence electrons. The number of rotatable bonds is 17. The van der Waals surface area contributed by atoms with Gasteiger partial charge in [0.15, 0.2) is 6.10 Å². The molecule has 1 unspecified atom stereocenters. The molecule has 6 aromatic rings. The third kappa shape index (κ3) is 16.3. The fourth-order valence-corrected chi connectivity index (χ4v) is 10.6. The number of anilines is 2. The van der Waals surface area contributed by atoms with Gasteiger partial charge in [-0.15, -0.1) is 0 Å². The summed E-state index contributed by atoms with van der Waals surface area (Å²) in [4.78, 5) is 79.1. The van der Waals surface area contributed by atoms with Crippen LogP contribution in [0.25, 0.3) is 0 Å². The van der Waals surface area contributed by atoms with Crippen LogP contribution in [-0.4, -0.2) is 93.7 Å². The van der Waals surface area contributed by atoms with Crippen LogP contribution in [-0.2, 0) is 45.4 Å². The second-order valence-electron chi connectivity index (χ2n) is 21.6. The Bertz CT molecular complexity index is 3200. The van der Waals surface area contributed by atoms with Crippen molar-refractivity contribution >= 4 is 47.2 Å². The van der Waals surface area contributed by atoms with E-state index in [-0.39, 0.29) is 30.9 Å². The van der Waals surface area contributed by atoms with Crippen LogP contribution < -0.4 is 21.3 Å². The number of amides is 6. The number of nitrogens with zero attached hydrogens (tertiary/aromatic N) is 2. The summed E-state index contributed by atoms with van der Waals surface area (Å²) >= 11 is 0. The average molecular weight is 1110 g/mol.